The highest BCUT2D eigenvalue weighted by Crippen LogP contribution is 2.20. The van der Waals surface area contributed by atoms with Gasteiger partial charge in [0.1, 0.15) is 0 Å². The Morgan fingerprint density at radius 1 is 0.180 bits per heavy atom. The Morgan fingerprint density at radius 2 is 0.260 bits per heavy atom. The maximum absolute atomic E-state index is 9.54. The second kappa shape index (κ2) is 24.6. The van der Waals surface area contributed by atoms with E-state index in [1.165, 1.54) is 30.2 Å². The highest BCUT2D eigenvalue weighted by Gasteiger charge is 2.25. The van der Waals surface area contributed by atoms with Crippen LogP contribution in [0.25, 0.3) is 0 Å². The van der Waals surface area contributed by atoms with Crippen LogP contribution in [0.15, 0.2) is 0 Å². The summed E-state index contributed by atoms with van der Waals surface area (Å²) in [7, 11) is -13.1. The van der Waals surface area contributed by atoms with E-state index in [0.717, 1.165) is 30.2 Å². The lowest BCUT2D eigenvalue weighted by Crippen LogP contribution is -2.29. The van der Waals surface area contributed by atoms with E-state index < -0.39 is 82.0 Å². The van der Waals surface area contributed by atoms with Gasteiger partial charge in [-0.1, -0.05) is 128 Å². The van der Waals surface area contributed by atoms with Crippen LogP contribution in [0, 0.1) is 0 Å². The molecule has 0 unspecified atom stereocenters. The summed E-state index contributed by atoms with van der Waals surface area (Å²) < 4.78 is 0. The zero-order valence-electron chi connectivity index (χ0n) is 39.3. The summed E-state index contributed by atoms with van der Waals surface area (Å²) in [4.78, 5) is 47.7. The van der Waals surface area contributed by atoms with Crippen molar-refractivity contribution in [2.45, 2.75) is 224 Å². The predicted octanol–water partition coefficient (Wildman–Crippen LogP) is 12.6. The Kier molecular flexibility index (Phi) is 30.1. The van der Waals surface area contributed by atoms with Crippen molar-refractivity contribution in [1.82, 2.24) is 0 Å². The number of hydrogen-bond donors (Lipinski definition) is 5. The minimum Gasteiger partial charge on any atom is -0.432 e. The second-order valence-corrected chi connectivity index (χ2v) is 73.1. The normalized spacial score (nSPS) is 13.8. The predicted molar refractivity (Wildman–Crippen MR) is 263 cm³/mol. The minimum atomic E-state index is -1.73. The van der Waals surface area contributed by atoms with Crippen LogP contribution >= 0.6 is 0 Å². The molecule has 310 valence electrons. The fraction of sp³-hybridized carbons (Fsp3) is 1.00. The summed E-state index contributed by atoms with van der Waals surface area (Å²) in [5.41, 5.74) is 0. The average molecular weight is 882 g/mol. The Labute approximate surface area is 328 Å². The molecule has 0 bridgehead atoms. The third-order valence-electron chi connectivity index (χ3n) is 7.43. The molecule has 0 aliphatic carbocycles. The summed E-state index contributed by atoms with van der Waals surface area (Å²) in [5.74, 6) is 0. The summed E-state index contributed by atoms with van der Waals surface area (Å²) in [5, 5.41) is 0. The van der Waals surface area contributed by atoms with Crippen molar-refractivity contribution in [3.8, 4) is 0 Å². The van der Waals surface area contributed by atoms with Crippen LogP contribution < -0.4 is 0 Å². The molecule has 0 aromatic carbocycles. The van der Waals surface area contributed by atoms with Crippen molar-refractivity contribution in [2.24, 2.45) is 0 Å². The minimum absolute atomic E-state index is 0.892. The van der Waals surface area contributed by atoms with Gasteiger partial charge in [-0.25, -0.2) is 0 Å². The van der Waals surface area contributed by atoms with Crippen molar-refractivity contribution in [1.29, 1.82) is 0 Å². The highest BCUT2D eigenvalue weighted by atomic mass is 28.4. The third-order valence-corrected chi connectivity index (χ3v) is 26.1. The van der Waals surface area contributed by atoms with Gasteiger partial charge in [-0.15, -0.1) is 0 Å². The standard InChI is InChI=1S/5C7H20OSi2/c5*1-9(2,3)6-7-10(4,5)8/h5*8H,6-7H2,1-5H3. The van der Waals surface area contributed by atoms with E-state index in [0.29, 0.717) is 0 Å². The molecule has 0 heterocycles. The van der Waals surface area contributed by atoms with Gasteiger partial charge >= 0.3 is 0 Å². The quantitative estimate of drug-likeness (QED) is 0.106. The topological polar surface area (TPSA) is 101 Å². The molecular weight excluding hydrogens is 781 g/mol. The van der Waals surface area contributed by atoms with Crippen LogP contribution in [0.5, 0.6) is 0 Å². The van der Waals surface area contributed by atoms with Gasteiger partial charge in [0.25, 0.3) is 0 Å². The van der Waals surface area contributed by atoms with E-state index in [-0.39, 0.29) is 0 Å². The molecule has 0 fully saturated rings. The zero-order chi connectivity index (χ0) is 42.1. The lowest BCUT2D eigenvalue weighted by atomic mass is 10.9. The molecule has 0 spiro atoms. The van der Waals surface area contributed by atoms with Gasteiger partial charge < -0.3 is 24.0 Å². The molecule has 0 aliphatic heterocycles. The number of hydrogen-bond acceptors (Lipinski definition) is 5. The van der Waals surface area contributed by atoms with Crippen LogP contribution in [0.3, 0.4) is 0 Å². The van der Waals surface area contributed by atoms with Crippen molar-refractivity contribution in [2.75, 3.05) is 0 Å². The van der Waals surface area contributed by atoms with Crippen LogP contribution in [-0.4, -0.2) is 106 Å². The molecule has 15 heteroatoms. The van der Waals surface area contributed by atoms with Crippen molar-refractivity contribution in [3.05, 3.63) is 0 Å². The van der Waals surface area contributed by atoms with Crippen molar-refractivity contribution < 1.29 is 24.0 Å². The van der Waals surface area contributed by atoms with E-state index in [9.17, 15) is 24.0 Å². The average Bonchev–Trinajstić information content (AvgIpc) is 2.75. The van der Waals surface area contributed by atoms with Crippen LogP contribution in [0.1, 0.15) is 0 Å². The van der Waals surface area contributed by atoms with Crippen LogP contribution in [0.4, 0.5) is 0 Å². The summed E-state index contributed by atoms with van der Waals surface area (Å²) >= 11 is 0. The van der Waals surface area contributed by atoms with Gasteiger partial charge in [0.05, 0.1) is 0 Å². The molecule has 0 rings (SSSR count). The smallest absolute Gasteiger partial charge is 0.182 e. The van der Waals surface area contributed by atoms with Gasteiger partial charge in [0.15, 0.2) is 41.6 Å². The second-order valence-electron chi connectivity index (χ2n) is 24.4. The first-order chi connectivity index (χ1) is 21.0. The van der Waals surface area contributed by atoms with Gasteiger partial charge in [-0.3, -0.25) is 0 Å². The molecule has 0 saturated heterocycles. The van der Waals surface area contributed by atoms with Gasteiger partial charge in [-0.05, 0) is 95.7 Å². The molecular formula is C35H100O5Si10. The largest absolute Gasteiger partial charge is 0.432 e. The lowest BCUT2D eigenvalue weighted by Gasteiger charge is -2.20. The van der Waals surface area contributed by atoms with Crippen molar-refractivity contribution in [3.63, 3.8) is 0 Å². The number of rotatable bonds is 15. The van der Waals surface area contributed by atoms with Gasteiger partial charge in [0.2, 0.25) is 0 Å². The first kappa shape index (κ1) is 61.2. The Morgan fingerprint density at radius 3 is 0.280 bits per heavy atom. The van der Waals surface area contributed by atoms with Crippen LogP contribution in [-0.2, 0) is 0 Å². The highest BCUT2D eigenvalue weighted by molar-refractivity contribution is 6.81. The van der Waals surface area contributed by atoms with Gasteiger partial charge in [-0.2, -0.15) is 0 Å². The van der Waals surface area contributed by atoms with Crippen LogP contribution in [0.2, 0.25) is 224 Å². The molecule has 0 aliphatic rings. The molecule has 0 amide bonds. The monoisotopic (exact) mass is 881 g/mol. The van der Waals surface area contributed by atoms with E-state index in [2.05, 4.69) is 98.2 Å². The Balaban J connectivity index is -0.000000169. The summed E-state index contributed by atoms with van der Waals surface area (Å²) in [6, 6.07) is 11.8. The first-order valence-corrected chi connectivity index (χ1v) is 54.0. The fourth-order valence-corrected chi connectivity index (χ4v) is 30.6. The molecule has 50 heavy (non-hydrogen) atoms. The Hall–Kier alpha value is 1.97. The molecule has 0 radical (unpaired) electrons. The van der Waals surface area contributed by atoms with Crippen molar-refractivity contribution >= 4 is 82.0 Å². The van der Waals surface area contributed by atoms with E-state index >= 15 is 0 Å². The zero-order valence-corrected chi connectivity index (χ0v) is 49.3. The van der Waals surface area contributed by atoms with E-state index in [4.69, 9.17) is 0 Å². The van der Waals surface area contributed by atoms with E-state index in [1.54, 1.807) is 0 Å². The molecule has 0 aromatic heterocycles. The maximum atomic E-state index is 9.54. The van der Waals surface area contributed by atoms with Gasteiger partial charge in [0, 0.05) is 40.4 Å². The fourth-order valence-electron chi connectivity index (χ4n) is 3.40. The van der Waals surface area contributed by atoms with E-state index in [1.807, 2.05) is 65.5 Å². The third kappa shape index (κ3) is 87.7. The lowest BCUT2D eigenvalue weighted by molar-refractivity contribution is 0.550. The molecule has 0 saturated carbocycles. The first-order valence-electron chi connectivity index (χ1n) is 19.7. The SMILES string of the molecule is C[Si](C)(C)CC[Si](C)(C)O.C[Si](C)(C)CC[Si](C)(C)O.C[Si](C)(C)CC[Si](C)(C)O.C[Si](C)(C)CC[Si](C)(C)O.C[Si](C)(C)CC[Si](C)(C)O. The molecule has 0 atom stereocenters. The summed E-state index contributed by atoms with van der Waals surface area (Å²) in [6.07, 6.45) is 0. The summed E-state index contributed by atoms with van der Waals surface area (Å²) in [6.45, 7) is 55.5. The molecule has 5 N–H and O–H groups in total. The maximum Gasteiger partial charge on any atom is 0.182 e. The molecule has 5 nitrogen and oxygen atoms in total. The molecule has 0 aromatic rings. The Bertz CT molecular complexity index is 588.